The van der Waals surface area contributed by atoms with Crippen LogP contribution >= 0.6 is 0 Å². The van der Waals surface area contributed by atoms with Crippen molar-refractivity contribution in [2.75, 3.05) is 19.0 Å². The summed E-state index contributed by atoms with van der Waals surface area (Å²) in [6, 6.07) is 12.7. The van der Waals surface area contributed by atoms with Crippen molar-refractivity contribution in [3.63, 3.8) is 0 Å². The number of amides is 1. The number of rotatable bonds is 3. The van der Waals surface area contributed by atoms with Crippen molar-refractivity contribution in [2.24, 2.45) is 0 Å². The van der Waals surface area contributed by atoms with E-state index >= 15 is 0 Å². The number of nitrogens with zero attached hydrogens (tertiary/aromatic N) is 1. The number of fused-ring (bicyclic) bond motifs is 2. The second kappa shape index (κ2) is 6.95. The standard InChI is InChI=1S/C23H22N2O4/c1-28-14-8-9-18-16(11-14)20(25-10-4-7-22(25)26)12-19(24-18)17-13-29-21-6-3-2-5-15(21)23(17)27/h2-3,5-6,8-9,11,13,19-20,24H,4,7,10,12H2,1H3. The van der Waals surface area contributed by atoms with E-state index in [1.54, 1.807) is 25.5 Å². The molecule has 2 unspecified atom stereocenters. The Bertz CT molecular complexity index is 1150. The lowest BCUT2D eigenvalue weighted by Gasteiger charge is -2.38. The van der Waals surface area contributed by atoms with Gasteiger partial charge >= 0.3 is 0 Å². The zero-order chi connectivity index (χ0) is 20.0. The van der Waals surface area contributed by atoms with E-state index in [9.17, 15) is 9.59 Å². The van der Waals surface area contributed by atoms with Gasteiger partial charge in [-0.1, -0.05) is 12.1 Å². The monoisotopic (exact) mass is 390 g/mol. The molecule has 5 rings (SSSR count). The normalized spacial score (nSPS) is 21.1. The van der Waals surface area contributed by atoms with Crippen LogP contribution in [0.15, 0.2) is 57.9 Å². The number of methoxy groups -OCH3 is 1. The molecular weight excluding hydrogens is 368 g/mol. The third kappa shape index (κ3) is 2.95. The lowest BCUT2D eigenvalue weighted by molar-refractivity contribution is -0.130. The van der Waals surface area contributed by atoms with Gasteiger partial charge in [0, 0.05) is 24.2 Å². The molecule has 29 heavy (non-hydrogen) atoms. The van der Waals surface area contributed by atoms with Gasteiger partial charge in [-0.05, 0) is 43.2 Å². The number of hydrogen-bond donors (Lipinski definition) is 1. The highest BCUT2D eigenvalue weighted by Gasteiger charge is 2.37. The van der Waals surface area contributed by atoms with Crippen LogP contribution in [0.25, 0.3) is 11.0 Å². The maximum absolute atomic E-state index is 13.1. The summed E-state index contributed by atoms with van der Waals surface area (Å²) in [7, 11) is 1.64. The summed E-state index contributed by atoms with van der Waals surface area (Å²) in [6.07, 6.45) is 3.60. The number of likely N-dealkylation sites (tertiary alicyclic amines) is 1. The van der Waals surface area contributed by atoms with Gasteiger partial charge in [-0.3, -0.25) is 9.59 Å². The van der Waals surface area contributed by atoms with Gasteiger partial charge in [0.2, 0.25) is 5.91 Å². The maximum atomic E-state index is 13.1. The third-order valence-electron chi connectivity index (χ3n) is 5.97. The Morgan fingerprint density at radius 1 is 1.14 bits per heavy atom. The summed E-state index contributed by atoms with van der Waals surface area (Å²) < 4.78 is 11.1. The van der Waals surface area contributed by atoms with Crippen molar-refractivity contribution >= 4 is 22.6 Å². The fraction of sp³-hybridized carbons (Fsp3) is 0.304. The van der Waals surface area contributed by atoms with Crippen molar-refractivity contribution in [2.45, 2.75) is 31.3 Å². The zero-order valence-electron chi connectivity index (χ0n) is 16.2. The predicted octanol–water partition coefficient (Wildman–Crippen LogP) is 4.02. The second-order valence-corrected chi connectivity index (χ2v) is 7.61. The highest BCUT2D eigenvalue weighted by molar-refractivity contribution is 5.79. The Labute approximate surface area is 168 Å². The maximum Gasteiger partial charge on any atom is 0.223 e. The molecule has 1 N–H and O–H groups in total. The molecule has 2 aliphatic rings. The number of hydrogen-bond acceptors (Lipinski definition) is 5. The van der Waals surface area contributed by atoms with Crippen LogP contribution in [0.4, 0.5) is 5.69 Å². The van der Waals surface area contributed by atoms with Crippen LogP contribution in [-0.4, -0.2) is 24.5 Å². The molecule has 1 aromatic heterocycles. The minimum atomic E-state index is -0.241. The van der Waals surface area contributed by atoms with Gasteiger partial charge in [0.05, 0.1) is 30.1 Å². The topological polar surface area (TPSA) is 71.8 Å². The van der Waals surface area contributed by atoms with Crippen LogP contribution in [0.2, 0.25) is 0 Å². The minimum Gasteiger partial charge on any atom is -0.497 e. The smallest absolute Gasteiger partial charge is 0.223 e. The molecule has 0 saturated carbocycles. The number of carbonyl (C=O) groups is 1. The Morgan fingerprint density at radius 3 is 2.79 bits per heavy atom. The van der Waals surface area contributed by atoms with Crippen LogP contribution in [0, 0.1) is 0 Å². The van der Waals surface area contributed by atoms with Crippen molar-refractivity contribution in [3.05, 3.63) is 70.1 Å². The van der Waals surface area contributed by atoms with Gasteiger partial charge in [-0.15, -0.1) is 0 Å². The summed E-state index contributed by atoms with van der Waals surface area (Å²) in [5.74, 6) is 0.917. The molecule has 3 aromatic rings. The van der Waals surface area contributed by atoms with E-state index in [4.69, 9.17) is 9.15 Å². The van der Waals surface area contributed by atoms with Crippen molar-refractivity contribution in [1.29, 1.82) is 0 Å². The van der Waals surface area contributed by atoms with Gasteiger partial charge in [-0.25, -0.2) is 0 Å². The number of anilines is 1. The fourth-order valence-corrected chi connectivity index (χ4v) is 4.50. The van der Waals surface area contributed by atoms with Gasteiger partial charge in [0.25, 0.3) is 0 Å². The third-order valence-corrected chi connectivity index (χ3v) is 5.97. The summed E-state index contributed by atoms with van der Waals surface area (Å²) >= 11 is 0. The molecule has 1 saturated heterocycles. The Morgan fingerprint density at radius 2 is 2.00 bits per heavy atom. The van der Waals surface area contributed by atoms with E-state index < -0.39 is 0 Å². The first kappa shape index (κ1) is 17.8. The van der Waals surface area contributed by atoms with Crippen molar-refractivity contribution < 1.29 is 13.9 Å². The molecule has 2 aliphatic heterocycles. The molecule has 0 radical (unpaired) electrons. The molecule has 148 valence electrons. The Hall–Kier alpha value is -3.28. The molecule has 1 amide bonds. The molecular formula is C23H22N2O4. The predicted molar refractivity (Wildman–Crippen MR) is 110 cm³/mol. The first-order valence-corrected chi connectivity index (χ1v) is 9.90. The van der Waals surface area contributed by atoms with E-state index in [0.717, 1.165) is 30.0 Å². The highest BCUT2D eigenvalue weighted by atomic mass is 16.5. The van der Waals surface area contributed by atoms with Crippen molar-refractivity contribution in [3.8, 4) is 5.75 Å². The largest absolute Gasteiger partial charge is 0.497 e. The Balaban J connectivity index is 1.60. The fourth-order valence-electron chi connectivity index (χ4n) is 4.50. The van der Waals surface area contributed by atoms with E-state index in [2.05, 4.69) is 5.32 Å². The van der Waals surface area contributed by atoms with Crippen LogP contribution in [0.1, 0.15) is 42.5 Å². The van der Waals surface area contributed by atoms with Gasteiger partial charge in [-0.2, -0.15) is 0 Å². The van der Waals surface area contributed by atoms with Crippen molar-refractivity contribution in [1.82, 2.24) is 4.90 Å². The molecule has 0 aliphatic carbocycles. The van der Waals surface area contributed by atoms with E-state index in [1.807, 2.05) is 35.2 Å². The molecule has 3 heterocycles. The number of benzene rings is 2. The van der Waals surface area contributed by atoms with E-state index in [0.29, 0.717) is 29.4 Å². The minimum absolute atomic E-state index is 0.0344. The lowest BCUT2D eigenvalue weighted by atomic mass is 9.88. The molecule has 2 atom stereocenters. The average Bonchev–Trinajstić information content (AvgIpc) is 3.18. The number of ether oxygens (including phenoxy) is 1. The molecule has 6 nitrogen and oxygen atoms in total. The SMILES string of the molecule is COc1ccc2c(c1)C(N1CCCC1=O)CC(c1coc3ccccc3c1=O)N2. The first-order chi connectivity index (χ1) is 14.2. The van der Waals surface area contributed by atoms with Crippen LogP contribution in [0.3, 0.4) is 0 Å². The molecule has 2 aromatic carbocycles. The van der Waals surface area contributed by atoms with Crippen LogP contribution < -0.4 is 15.5 Å². The summed E-state index contributed by atoms with van der Waals surface area (Å²) in [4.78, 5) is 27.6. The average molecular weight is 390 g/mol. The Kier molecular flexibility index (Phi) is 4.27. The first-order valence-electron chi connectivity index (χ1n) is 9.90. The summed E-state index contributed by atoms with van der Waals surface area (Å²) in [5.41, 5.74) is 3.07. The summed E-state index contributed by atoms with van der Waals surface area (Å²) in [6.45, 7) is 0.735. The van der Waals surface area contributed by atoms with E-state index in [-0.39, 0.29) is 23.4 Å². The quantitative estimate of drug-likeness (QED) is 0.731. The molecule has 1 fully saturated rings. The highest BCUT2D eigenvalue weighted by Crippen LogP contribution is 2.44. The van der Waals surface area contributed by atoms with Gasteiger partial charge in [0.15, 0.2) is 5.43 Å². The van der Waals surface area contributed by atoms with Crippen LogP contribution in [-0.2, 0) is 4.79 Å². The van der Waals surface area contributed by atoms with Gasteiger partial charge < -0.3 is 19.4 Å². The van der Waals surface area contributed by atoms with E-state index in [1.165, 1.54) is 0 Å². The molecule has 6 heteroatoms. The number of carbonyl (C=O) groups excluding carboxylic acids is 1. The zero-order valence-corrected chi connectivity index (χ0v) is 16.2. The second-order valence-electron chi connectivity index (χ2n) is 7.61. The molecule has 0 bridgehead atoms. The number of para-hydroxylation sites is 1. The molecule has 0 spiro atoms. The lowest BCUT2D eigenvalue weighted by Crippen LogP contribution is -2.36. The summed E-state index contributed by atoms with van der Waals surface area (Å²) in [5, 5.41) is 4.06. The van der Waals surface area contributed by atoms with Crippen LogP contribution in [0.5, 0.6) is 5.75 Å². The number of nitrogens with one attached hydrogen (secondary N) is 1. The van der Waals surface area contributed by atoms with Gasteiger partial charge in [0.1, 0.15) is 17.6 Å².